The second-order valence-electron chi connectivity index (χ2n) is 3.64. The van der Waals surface area contributed by atoms with Crippen molar-refractivity contribution in [2.24, 2.45) is 0 Å². The highest BCUT2D eigenvalue weighted by Gasteiger charge is 2.36. The largest absolute Gasteiger partial charge is 0.417 e. The van der Waals surface area contributed by atoms with E-state index in [2.05, 4.69) is 15.9 Å². The van der Waals surface area contributed by atoms with Crippen molar-refractivity contribution in [1.82, 2.24) is 0 Å². The number of hydrogen-bond donors (Lipinski definition) is 0. The number of hydrogen-bond acceptors (Lipinski definition) is 2. The van der Waals surface area contributed by atoms with Crippen molar-refractivity contribution in [3.05, 3.63) is 29.3 Å². The van der Waals surface area contributed by atoms with E-state index in [0.717, 1.165) is 18.4 Å². The summed E-state index contributed by atoms with van der Waals surface area (Å²) in [6.07, 6.45) is -3.93. The molecule has 17 heavy (non-hydrogen) atoms. The highest BCUT2D eigenvalue weighted by Crippen LogP contribution is 2.36. The summed E-state index contributed by atoms with van der Waals surface area (Å²) in [6.45, 7) is 1.66. The molecule has 1 unspecified atom stereocenters. The van der Waals surface area contributed by atoms with Crippen molar-refractivity contribution in [2.75, 3.05) is 6.26 Å². The Morgan fingerprint density at radius 2 is 1.82 bits per heavy atom. The normalized spacial score (nSPS) is 14.7. The van der Waals surface area contributed by atoms with Gasteiger partial charge in [-0.2, -0.15) is 13.2 Å². The van der Waals surface area contributed by atoms with Crippen LogP contribution in [0.15, 0.2) is 23.1 Å². The molecule has 7 heteroatoms. The minimum Gasteiger partial charge on any atom is -0.224 e. The molecule has 0 saturated heterocycles. The van der Waals surface area contributed by atoms with Gasteiger partial charge in [0.15, 0.2) is 9.84 Å². The van der Waals surface area contributed by atoms with Gasteiger partial charge in [0.1, 0.15) is 0 Å². The molecule has 1 aromatic rings. The molecule has 0 aliphatic rings. The second kappa shape index (κ2) is 4.61. The Kier molecular flexibility index (Phi) is 3.93. The Morgan fingerprint density at radius 1 is 1.29 bits per heavy atom. The average molecular weight is 331 g/mol. The SMILES string of the molecule is CC(Br)c1ccc(S(C)(=O)=O)c(C(F)(F)F)c1. The molecule has 2 nitrogen and oxygen atoms in total. The molecule has 0 radical (unpaired) electrons. The lowest BCUT2D eigenvalue weighted by Gasteiger charge is -2.14. The van der Waals surface area contributed by atoms with Crippen LogP contribution in [0.25, 0.3) is 0 Å². The van der Waals surface area contributed by atoms with Gasteiger partial charge in [-0.1, -0.05) is 22.0 Å². The topological polar surface area (TPSA) is 34.1 Å². The fraction of sp³-hybridized carbons (Fsp3) is 0.400. The van der Waals surface area contributed by atoms with Gasteiger partial charge in [-0.3, -0.25) is 0 Å². The number of sulfone groups is 1. The Morgan fingerprint density at radius 3 is 2.18 bits per heavy atom. The minimum atomic E-state index is -4.68. The number of alkyl halides is 4. The van der Waals surface area contributed by atoms with Gasteiger partial charge in [0.05, 0.1) is 10.5 Å². The first-order valence-corrected chi connectivity index (χ1v) is 7.39. The van der Waals surface area contributed by atoms with Crippen LogP contribution in [-0.4, -0.2) is 14.7 Å². The molecule has 0 aliphatic carbocycles. The molecule has 0 amide bonds. The fourth-order valence-corrected chi connectivity index (χ4v) is 2.51. The van der Waals surface area contributed by atoms with Crippen LogP contribution in [0.5, 0.6) is 0 Å². The summed E-state index contributed by atoms with van der Waals surface area (Å²) in [7, 11) is -3.89. The van der Waals surface area contributed by atoms with Gasteiger partial charge in [0.25, 0.3) is 0 Å². The van der Waals surface area contributed by atoms with Crippen LogP contribution >= 0.6 is 15.9 Å². The zero-order valence-electron chi connectivity index (χ0n) is 9.05. The third-order valence-electron chi connectivity index (χ3n) is 2.17. The van der Waals surface area contributed by atoms with E-state index in [4.69, 9.17) is 0 Å². The maximum absolute atomic E-state index is 12.7. The van der Waals surface area contributed by atoms with E-state index in [9.17, 15) is 21.6 Å². The minimum absolute atomic E-state index is 0.280. The first-order valence-electron chi connectivity index (χ1n) is 4.58. The lowest BCUT2D eigenvalue weighted by atomic mass is 10.1. The average Bonchev–Trinajstić information content (AvgIpc) is 2.14. The van der Waals surface area contributed by atoms with Gasteiger partial charge in [0.2, 0.25) is 0 Å². The molecule has 0 fully saturated rings. The van der Waals surface area contributed by atoms with Gasteiger partial charge in [-0.25, -0.2) is 8.42 Å². The zero-order chi connectivity index (χ0) is 13.4. The third kappa shape index (κ3) is 3.45. The van der Waals surface area contributed by atoms with Crippen molar-refractivity contribution < 1.29 is 21.6 Å². The number of halogens is 4. The van der Waals surface area contributed by atoms with Crippen molar-refractivity contribution in [3.8, 4) is 0 Å². The maximum Gasteiger partial charge on any atom is 0.417 e. The number of benzene rings is 1. The summed E-state index contributed by atoms with van der Waals surface area (Å²) in [6, 6.07) is 3.21. The first kappa shape index (κ1) is 14.5. The first-order chi connectivity index (χ1) is 7.53. The predicted octanol–water partition coefficient (Wildman–Crippen LogP) is 3.56. The van der Waals surface area contributed by atoms with Gasteiger partial charge < -0.3 is 0 Å². The smallest absolute Gasteiger partial charge is 0.224 e. The lowest BCUT2D eigenvalue weighted by molar-refractivity contribution is -0.139. The summed E-state index contributed by atoms with van der Waals surface area (Å²) in [5, 5.41) is 0. The van der Waals surface area contributed by atoms with Gasteiger partial charge in [0, 0.05) is 11.1 Å². The molecular weight excluding hydrogens is 321 g/mol. The molecule has 0 bridgehead atoms. The fourth-order valence-electron chi connectivity index (χ4n) is 1.34. The standard InChI is InChI=1S/C10H10BrF3O2S/c1-6(11)7-3-4-9(17(2,15)16)8(5-7)10(12,13)14/h3-6H,1-2H3. The van der Waals surface area contributed by atoms with E-state index < -0.39 is 26.5 Å². The van der Waals surface area contributed by atoms with E-state index in [0.29, 0.717) is 5.56 Å². The monoisotopic (exact) mass is 330 g/mol. The van der Waals surface area contributed by atoms with E-state index in [1.54, 1.807) is 6.92 Å². The third-order valence-corrected chi connectivity index (χ3v) is 3.85. The van der Waals surface area contributed by atoms with Crippen LogP contribution in [0.1, 0.15) is 22.9 Å². The van der Waals surface area contributed by atoms with Gasteiger partial charge in [-0.05, 0) is 24.6 Å². The molecule has 1 rings (SSSR count). The molecule has 1 atom stereocenters. The van der Waals surface area contributed by atoms with E-state index in [1.807, 2.05) is 0 Å². The molecule has 0 heterocycles. The van der Waals surface area contributed by atoms with Gasteiger partial charge >= 0.3 is 6.18 Å². The summed E-state index contributed by atoms with van der Waals surface area (Å²) < 4.78 is 60.8. The van der Waals surface area contributed by atoms with Gasteiger partial charge in [-0.15, -0.1) is 0 Å². The number of rotatable bonds is 2. The Balaban J connectivity index is 3.55. The molecule has 0 aromatic heterocycles. The Bertz CT molecular complexity index is 521. The molecular formula is C10H10BrF3O2S. The Hall–Kier alpha value is -0.560. The summed E-state index contributed by atoms with van der Waals surface area (Å²) in [4.78, 5) is -0.973. The van der Waals surface area contributed by atoms with Crippen LogP contribution < -0.4 is 0 Å². The van der Waals surface area contributed by atoms with Crippen molar-refractivity contribution >= 4 is 25.8 Å². The summed E-state index contributed by atoms with van der Waals surface area (Å²) >= 11 is 3.14. The van der Waals surface area contributed by atoms with E-state index in [1.165, 1.54) is 6.07 Å². The quantitative estimate of drug-likeness (QED) is 0.777. The van der Waals surface area contributed by atoms with Crippen LogP contribution in [0.4, 0.5) is 13.2 Å². The van der Waals surface area contributed by atoms with Crippen molar-refractivity contribution in [1.29, 1.82) is 0 Å². The Labute approximate surface area is 106 Å². The molecule has 0 spiro atoms. The summed E-state index contributed by atoms with van der Waals surface area (Å²) in [5.41, 5.74) is -0.742. The maximum atomic E-state index is 12.7. The van der Waals surface area contributed by atoms with Crippen LogP contribution in [-0.2, 0) is 16.0 Å². The predicted molar refractivity (Wildman–Crippen MR) is 61.9 cm³/mol. The van der Waals surface area contributed by atoms with Crippen molar-refractivity contribution in [2.45, 2.75) is 22.8 Å². The van der Waals surface area contributed by atoms with Crippen LogP contribution in [0.2, 0.25) is 0 Å². The highest BCUT2D eigenvalue weighted by molar-refractivity contribution is 9.09. The molecule has 0 saturated carbocycles. The lowest BCUT2D eigenvalue weighted by Crippen LogP contribution is -2.13. The van der Waals surface area contributed by atoms with Crippen LogP contribution in [0.3, 0.4) is 0 Å². The molecule has 0 aliphatic heterocycles. The van der Waals surface area contributed by atoms with E-state index in [-0.39, 0.29) is 4.83 Å². The van der Waals surface area contributed by atoms with E-state index >= 15 is 0 Å². The molecule has 96 valence electrons. The zero-order valence-corrected chi connectivity index (χ0v) is 11.4. The van der Waals surface area contributed by atoms with Crippen molar-refractivity contribution in [3.63, 3.8) is 0 Å². The second-order valence-corrected chi connectivity index (χ2v) is 7.00. The molecule has 1 aromatic carbocycles. The highest BCUT2D eigenvalue weighted by atomic mass is 79.9. The molecule has 0 N–H and O–H groups in total. The summed E-state index contributed by atoms with van der Waals surface area (Å²) in [5.74, 6) is 0. The van der Waals surface area contributed by atoms with Crippen LogP contribution in [0, 0.1) is 0 Å².